The Morgan fingerprint density at radius 1 is 1.18 bits per heavy atom. The fourth-order valence-corrected chi connectivity index (χ4v) is 7.31. The molecule has 2 aliphatic rings. The second-order valence-corrected chi connectivity index (χ2v) is 13.6. The van der Waals surface area contributed by atoms with Gasteiger partial charge in [-0.05, 0) is 57.2 Å². The number of anilines is 1. The number of pyridine rings is 1. The van der Waals surface area contributed by atoms with Crippen LogP contribution in [0.4, 0.5) is 10.6 Å². The molecule has 4 heterocycles. The van der Waals surface area contributed by atoms with Crippen LogP contribution < -0.4 is 10.2 Å². The molecule has 230 valence electrons. The number of aromatic carboxylic acids is 1. The SMILES string of the molecule is CC(C)(C)OC(=O)N[C@@H]1c2ccccc2CC12CCN(c1ncc(Sc3ccn4cc(C(=O)O)nc4c3Cl)nc1CO)CC2. The minimum Gasteiger partial charge on any atom is -0.476 e. The summed E-state index contributed by atoms with van der Waals surface area (Å²) in [7, 11) is 0. The van der Waals surface area contributed by atoms with Gasteiger partial charge in [0.2, 0.25) is 0 Å². The molecule has 0 radical (unpaired) electrons. The van der Waals surface area contributed by atoms with E-state index in [4.69, 9.17) is 21.3 Å². The summed E-state index contributed by atoms with van der Waals surface area (Å²) in [4.78, 5) is 40.5. The van der Waals surface area contributed by atoms with Crippen molar-refractivity contribution >= 4 is 46.9 Å². The van der Waals surface area contributed by atoms with Crippen molar-refractivity contribution < 1.29 is 24.5 Å². The van der Waals surface area contributed by atoms with E-state index in [0.29, 0.717) is 45.2 Å². The van der Waals surface area contributed by atoms with Crippen LogP contribution in [-0.4, -0.2) is 60.3 Å². The van der Waals surface area contributed by atoms with Crippen LogP contribution in [0.3, 0.4) is 0 Å². The van der Waals surface area contributed by atoms with E-state index in [0.717, 1.165) is 24.8 Å². The lowest BCUT2D eigenvalue weighted by molar-refractivity contribution is 0.0427. The molecule has 6 rings (SSSR count). The minimum atomic E-state index is -1.14. The number of aromatic nitrogens is 4. The van der Waals surface area contributed by atoms with Gasteiger partial charge in [0.25, 0.3) is 0 Å². The molecule has 0 bridgehead atoms. The van der Waals surface area contributed by atoms with Crippen LogP contribution in [0.5, 0.6) is 0 Å². The number of nitrogens with one attached hydrogen (secondary N) is 1. The van der Waals surface area contributed by atoms with Crippen molar-refractivity contribution in [2.75, 3.05) is 18.0 Å². The molecule has 1 aromatic carbocycles. The number of imidazole rings is 1. The Balaban J connectivity index is 1.19. The number of carbonyl (C=O) groups is 2. The predicted octanol–water partition coefficient (Wildman–Crippen LogP) is 5.53. The number of alkyl carbamates (subject to hydrolysis) is 1. The average molecular weight is 637 g/mol. The molecular weight excluding hydrogens is 604 g/mol. The normalized spacial score (nSPS) is 17.6. The molecule has 1 spiro atoms. The summed E-state index contributed by atoms with van der Waals surface area (Å²) in [6.07, 6.45) is 6.80. The number of aliphatic hydroxyl groups is 1. The first-order chi connectivity index (χ1) is 21.0. The Kier molecular flexibility index (Phi) is 7.93. The van der Waals surface area contributed by atoms with Gasteiger partial charge in [0.05, 0.1) is 23.9 Å². The molecule has 3 aromatic heterocycles. The highest BCUT2D eigenvalue weighted by Crippen LogP contribution is 2.52. The zero-order valence-electron chi connectivity index (χ0n) is 24.6. The van der Waals surface area contributed by atoms with Crippen LogP contribution in [0.2, 0.25) is 5.02 Å². The third-order valence-corrected chi connectivity index (χ3v) is 9.61. The highest BCUT2D eigenvalue weighted by atomic mass is 35.5. The van der Waals surface area contributed by atoms with E-state index in [1.54, 1.807) is 22.9 Å². The quantitative estimate of drug-likeness (QED) is 0.247. The monoisotopic (exact) mass is 636 g/mol. The number of hydrogen-bond acceptors (Lipinski definition) is 9. The van der Waals surface area contributed by atoms with Gasteiger partial charge in [-0.2, -0.15) is 0 Å². The van der Waals surface area contributed by atoms with Gasteiger partial charge in [-0.3, -0.25) is 0 Å². The molecule has 1 saturated heterocycles. The number of carboxylic acid groups (broad SMARTS) is 1. The van der Waals surface area contributed by atoms with Gasteiger partial charge in [-0.15, -0.1) is 0 Å². The summed E-state index contributed by atoms with van der Waals surface area (Å²) >= 11 is 7.83. The van der Waals surface area contributed by atoms with Gasteiger partial charge in [-0.1, -0.05) is 47.6 Å². The molecule has 3 N–H and O–H groups in total. The van der Waals surface area contributed by atoms with Gasteiger partial charge < -0.3 is 29.6 Å². The van der Waals surface area contributed by atoms with E-state index in [-0.39, 0.29) is 23.8 Å². The maximum absolute atomic E-state index is 12.9. The lowest BCUT2D eigenvalue weighted by Crippen LogP contribution is -2.48. The second-order valence-electron chi connectivity index (χ2n) is 12.2. The first-order valence-corrected chi connectivity index (χ1v) is 15.5. The van der Waals surface area contributed by atoms with Gasteiger partial charge in [0.15, 0.2) is 17.2 Å². The predicted molar refractivity (Wildman–Crippen MR) is 165 cm³/mol. The highest BCUT2D eigenvalue weighted by Gasteiger charge is 2.49. The lowest BCUT2D eigenvalue weighted by atomic mass is 9.72. The number of halogens is 1. The summed E-state index contributed by atoms with van der Waals surface area (Å²) in [6.45, 7) is 6.65. The van der Waals surface area contributed by atoms with Crippen molar-refractivity contribution in [3.8, 4) is 0 Å². The number of ether oxygens (including phenoxy) is 1. The van der Waals surface area contributed by atoms with Crippen molar-refractivity contribution in [2.24, 2.45) is 5.41 Å². The summed E-state index contributed by atoms with van der Waals surface area (Å²) in [5.41, 5.74) is 2.30. The standard InChI is InChI=1S/C31H33ClN6O5S/c1-30(2,3)43-29(42)36-25-19-7-5-4-6-18(19)14-31(25)9-12-37(13-10-31)26-21(17-39)34-23(15-33-26)44-22-8-11-38-16-20(28(40)41)35-27(38)24(22)32/h4-8,11,15-16,25,39H,9-10,12-14,17H2,1-3H3,(H,36,42)(H,40,41)/t25-/m1/s1. The zero-order chi connectivity index (χ0) is 31.2. The second kappa shape index (κ2) is 11.6. The fourth-order valence-electron chi connectivity index (χ4n) is 6.19. The van der Waals surface area contributed by atoms with E-state index in [1.165, 1.54) is 23.5 Å². The first kappa shape index (κ1) is 30.2. The summed E-state index contributed by atoms with van der Waals surface area (Å²) in [5, 5.41) is 23.5. The van der Waals surface area contributed by atoms with Crippen LogP contribution in [0.1, 0.15) is 67.0 Å². The number of benzene rings is 1. The molecule has 1 fully saturated rings. The minimum absolute atomic E-state index is 0.0995. The molecule has 44 heavy (non-hydrogen) atoms. The Bertz CT molecular complexity index is 1750. The molecule has 1 aliphatic carbocycles. The number of rotatable bonds is 6. The fraction of sp³-hybridized carbons (Fsp3) is 0.387. The van der Waals surface area contributed by atoms with E-state index < -0.39 is 17.7 Å². The summed E-state index contributed by atoms with van der Waals surface area (Å²) in [5.74, 6) is -0.510. The molecule has 0 unspecified atom stereocenters. The van der Waals surface area contributed by atoms with Crippen LogP contribution in [-0.2, 0) is 17.8 Å². The maximum atomic E-state index is 12.9. The van der Waals surface area contributed by atoms with Crippen molar-refractivity contribution in [3.63, 3.8) is 0 Å². The van der Waals surface area contributed by atoms with Gasteiger partial charge in [0.1, 0.15) is 16.3 Å². The molecule has 11 nitrogen and oxygen atoms in total. The number of hydrogen-bond donors (Lipinski definition) is 3. The molecule has 1 atom stereocenters. The topological polar surface area (TPSA) is 142 Å². The molecule has 0 saturated carbocycles. The number of nitrogens with zero attached hydrogens (tertiary/aromatic N) is 5. The highest BCUT2D eigenvalue weighted by molar-refractivity contribution is 7.99. The Hall–Kier alpha value is -3.87. The number of piperidine rings is 1. The third-order valence-electron chi connectivity index (χ3n) is 8.16. The molecule has 13 heteroatoms. The van der Waals surface area contributed by atoms with E-state index >= 15 is 0 Å². The van der Waals surface area contributed by atoms with Gasteiger partial charge in [0, 0.05) is 35.8 Å². The molecular formula is C31H33ClN6O5S. The smallest absolute Gasteiger partial charge is 0.408 e. The largest absolute Gasteiger partial charge is 0.476 e. The van der Waals surface area contributed by atoms with Crippen LogP contribution >= 0.6 is 23.4 Å². The van der Waals surface area contributed by atoms with Crippen molar-refractivity contribution in [2.45, 2.75) is 68.2 Å². The number of carboxylic acids is 1. The van der Waals surface area contributed by atoms with Crippen molar-refractivity contribution in [3.05, 3.63) is 76.5 Å². The van der Waals surface area contributed by atoms with Gasteiger partial charge in [-0.25, -0.2) is 24.5 Å². The molecule has 1 amide bonds. The first-order valence-electron chi connectivity index (χ1n) is 14.3. The Morgan fingerprint density at radius 3 is 2.64 bits per heavy atom. The van der Waals surface area contributed by atoms with Crippen LogP contribution in [0.25, 0.3) is 5.65 Å². The van der Waals surface area contributed by atoms with Crippen molar-refractivity contribution in [1.82, 2.24) is 24.7 Å². The van der Waals surface area contributed by atoms with Crippen LogP contribution in [0, 0.1) is 5.41 Å². The number of aliphatic hydroxyl groups excluding tert-OH is 1. The third kappa shape index (κ3) is 5.81. The average Bonchev–Trinajstić information content (AvgIpc) is 3.55. The zero-order valence-corrected chi connectivity index (χ0v) is 26.2. The Labute approximate surface area is 263 Å². The molecule has 1 aliphatic heterocycles. The van der Waals surface area contributed by atoms with Crippen LogP contribution in [0.15, 0.2) is 58.8 Å². The summed E-state index contributed by atoms with van der Waals surface area (Å²) < 4.78 is 7.18. The van der Waals surface area contributed by atoms with Crippen molar-refractivity contribution in [1.29, 1.82) is 0 Å². The maximum Gasteiger partial charge on any atom is 0.408 e. The van der Waals surface area contributed by atoms with Gasteiger partial charge >= 0.3 is 12.1 Å². The van der Waals surface area contributed by atoms with E-state index in [2.05, 4.69) is 32.3 Å². The molecule has 4 aromatic rings. The van der Waals surface area contributed by atoms with E-state index in [1.807, 2.05) is 32.9 Å². The van der Waals surface area contributed by atoms with E-state index in [9.17, 15) is 19.8 Å². The number of fused-ring (bicyclic) bond motifs is 2. The lowest BCUT2D eigenvalue weighted by Gasteiger charge is -2.44. The number of carbonyl (C=O) groups excluding carboxylic acids is 1. The number of amides is 1. The Morgan fingerprint density at radius 2 is 1.93 bits per heavy atom. The summed E-state index contributed by atoms with van der Waals surface area (Å²) in [6, 6.07) is 9.86.